The van der Waals surface area contributed by atoms with E-state index in [9.17, 15) is 23.3 Å². The highest BCUT2D eigenvalue weighted by Crippen LogP contribution is 2.31. The number of benzene rings is 2. The second kappa shape index (κ2) is 10.5. The molecule has 1 aliphatic rings. The Bertz CT molecular complexity index is 1120. The maximum absolute atomic E-state index is 13.0. The Labute approximate surface area is 192 Å². The van der Waals surface area contributed by atoms with E-state index in [4.69, 9.17) is 9.47 Å². The molecule has 178 valence electrons. The summed E-state index contributed by atoms with van der Waals surface area (Å²) in [5.41, 5.74) is 0.292. The normalized spacial score (nSPS) is 14.5. The van der Waals surface area contributed by atoms with Gasteiger partial charge in [-0.3, -0.25) is 14.9 Å². The third-order valence-corrected chi connectivity index (χ3v) is 7.23. The predicted molar refractivity (Wildman–Crippen MR) is 121 cm³/mol. The van der Waals surface area contributed by atoms with Crippen molar-refractivity contribution in [2.45, 2.75) is 11.3 Å². The molecule has 2 aromatic carbocycles. The number of nitro benzene ring substituents is 1. The topological polar surface area (TPSA) is 131 Å². The number of nitro groups is 1. The maximum Gasteiger partial charge on any atom is 0.292 e. The molecule has 1 heterocycles. The molecule has 0 bridgehead atoms. The van der Waals surface area contributed by atoms with Gasteiger partial charge in [-0.2, -0.15) is 4.31 Å². The zero-order chi connectivity index (χ0) is 24.0. The number of ether oxygens (including phenoxy) is 2. The minimum atomic E-state index is -3.75. The van der Waals surface area contributed by atoms with Gasteiger partial charge in [0.05, 0.1) is 24.0 Å². The highest BCUT2D eigenvalue weighted by Gasteiger charge is 2.30. The highest BCUT2D eigenvalue weighted by atomic mass is 32.2. The summed E-state index contributed by atoms with van der Waals surface area (Å²) < 4.78 is 37.7. The minimum Gasteiger partial charge on any atom is -0.493 e. The van der Waals surface area contributed by atoms with Gasteiger partial charge in [-0.05, 0) is 18.2 Å². The van der Waals surface area contributed by atoms with E-state index in [0.717, 1.165) is 0 Å². The SMILES string of the molecule is COc1ccc(S(=O)(=O)N2CCN(C(=O)CCNc3ccccc3[N+](=O)[O-])CC2)cc1OC. The Morgan fingerprint density at radius 1 is 1.06 bits per heavy atom. The van der Waals surface area contributed by atoms with Gasteiger partial charge in [0.25, 0.3) is 5.69 Å². The number of hydrogen-bond acceptors (Lipinski definition) is 8. The van der Waals surface area contributed by atoms with Crippen LogP contribution in [-0.4, -0.2) is 75.4 Å². The van der Waals surface area contributed by atoms with Crippen molar-refractivity contribution >= 4 is 27.3 Å². The lowest BCUT2D eigenvalue weighted by Gasteiger charge is -2.34. The zero-order valence-electron chi connectivity index (χ0n) is 18.4. The van der Waals surface area contributed by atoms with Crippen LogP contribution in [0.5, 0.6) is 11.5 Å². The van der Waals surface area contributed by atoms with E-state index in [1.807, 2.05) is 0 Å². The van der Waals surface area contributed by atoms with Gasteiger partial charge in [0.1, 0.15) is 5.69 Å². The number of methoxy groups -OCH3 is 2. The summed E-state index contributed by atoms with van der Waals surface area (Å²) >= 11 is 0. The summed E-state index contributed by atoms with van der Waals surface area (Å²) in [5, 5.41) is 14.0. The first-order valence-corrected chi connectivity index (χ1v) is 11.7. The third-order valence-electron chi connectivity index (χ3n) is 5.34. The van der Waals surface area contributed by atoms with Crippen molar-refractivity contribution in [2.24, 2.45) is 0 Å². The molecule has 1 saturated heterocycles. The maximum atomic E-state index is 13.0. The van der Waals surface area contributed by atoms with Gasteiger partial charge in [0.15, 0.2) is 11.5 Å². The van der Waals surface area contributed by atoms with Crippen molar-refractivity contribution < 1.29 is 27.6 Å². The molecule has 0 aromatic heterocycles. The molecule has 1 amide bonds. The van der Waals surface area contributed by atoms with Gasteiger partial charge < -0.3 is 19.7 Å². The van der Waals surface area contributed by atoms with Crippen molar-refractivity contribution in [1.82, 2.24) is 9.21 Å². The molecule has 33 heavy (non-hydrogen) atoms. The molecule has 1 aliphatic heterocycles. The Morgan fingerprint density at radius 2 is 1.73 bits per heavy atom. The number of piperazine rings is 1. The summed E-state index contributed by atoms with van der Waals surface area (Å²) in [5.74, 6) is 0.601. The van der Waals surface area contributed by atoms with Crippen LogP contribution in [0.25, 0.3) is 0 Å². The van der Waals surface area contributed by atoms with Gasteiger partial charge in [0.2, 0.25) is 15.9 Å². The third kappa shape index (κ3) is 5.52. The summed E-state index contributed by atoms with van der Waals surface area (Å²) in [6, 6.07) is 10.6. The van der Waals surface area contributed by atoms with Crippen LogP contribution >= 0.6 is 0 Å². The molecule has 0 unspecified atom stereocenters. The van der Waals surface area contributed by atoms with Crippen molar-refractivity contribution in [3.8, 4) is 11.5 Å². The van der Waals surface area contributed by atoms with E-state index < -0.39 is 14.9 Å². The lowest BCUT2D eigenvalue weighted by Crippen LogP contribution is -2.50. The number of nitrogens with zero attached hydrogens (tertiary/aromatic N) is 3. The molecule has 12 heteroatoms. The monoisotopic (exact) mass is 478 g/mol. The van der Waals surface area contributed by atoms with E-state index in [2.05, 4.69) is 5.32 Å². The largest absolute Gasteiger partial charge is 0.493 e. The molecule has 3 rings (SSSR count). The van der Waals surface area contributed by atoms with Crippen LogP contribution in [0, 0.1) is 10.1 Å². The molecule has 11 nitrogen and oxygen atoms in total. The number of hydrogen-bond donors (Lipinski definition) is 1. The van der Waals surface area contributed by atoms with E-state index in [0.29, 0.717) is 17.2 Å². The second-order valence-corrected chi connectivity index (χ2v) is 9.19. The number of amides is 1. The molecular formula is C21H26N4O7S. The Morgan fingerprint density at radius 3 is 2.36 bits per heavy atom. The van der Waals surface area contributed by atoms with E-state index in [1.54, 1.807) is 23.1 Å². The second-order valence-electron chi connectivity index (χ2n) is 7.25. The van der Waals surface area contributed by atoms with Crippen LogP contribution in [0.4, 0.5) is 11.4 Å². The number of nitrogens with one attached hydrogen (secondary N) is 1. The number of anilines is 1. The number of carbonyl (C=O) groups excluding carboxylic acids is 1. The molecule has 1 fully saturated rings. The van der Waals surface area contributed by atoms with Crippen molar-refractivity contribution in [2.75, 3.05) is 52.3 Å². The van der Waals surface area contributed by atoms with Crippen LogP contribution in [0.1, 0.15) is 6.42 Å². The van der Waals surface area contributed by atoms with Crippen molar-refractivity contribution in [3.63, 3.8) is 0 Å². The smallest absolute Gasteiger partial charge is 0.292 e. The average molecular weight is 479 g/mol. The molecule has 2 aromatic rings. The molecule has 1 N–H and O–H groups in total. The lowest BCUT2D eigenvalue weighted by atomic mass is 10.2. The Kier molecular flexibility index (Phi) is 7.71. The minimum absolute atomic E-state index is 0.0565. The number of sulfonamides is 1. The Hall–Kier alpha value is -3.38. The first kappa shape index (κ1) is 24.3. The standard InChI is InChI=1S/C21H26N4O7S/c1-31-19-8-7-16(15-20(19)32-2)33(29,30)24-13-11-23(12-14-24)21(26)9-10-22-17-5-3-4-6-18(17)25(27)28/h3-8,15,22H,9-14H2,1-2H3. The van der Waals surface area contributed by atoms with Crippen molar-refractivity contribution in [3.05, 3.63) is 52.6 Å². The summed E-state index contributed by atoms with van der Waals surface area (Å²) in [7, 11) is -0.846. The highest BCUT2D eigenvalue weighted by molar-refractivity contribution is 7.89. The summed E-state index contributed by atoms with van der Waals surface area (Å²) in [6.45, 7) is 1.08. The fraction of sp³-hybridized carbons (Fsp3) is 0.381. The molecule has 0 radical (unpaired) electrons. The van der Waals surface area contributed by atoms with Crippen LogP contribution in [0.15, 0.2) is 47.4 Å². The Balaban J connectivity index is 1.55. The van der Waals surface area contributed by atoms with E-state index in [1.165, 1.54) is 42.8 Å². The van der Waals surface area contributed by atoms with E-state index >= 15 is 0 Å². The van der Waals surface area contributed by atoms with Gasteiger partial charge in [-0.25, -0.2) is 8.42 Å². The lowest BCUT2D eigenvalue weighted by molar-refractivity contribution is -0.384. The number of carbonyl (C=O) groups is 1. The zero-order valence-corrected chi connectivity index (χ0v) is 19.2. The van der Waals surface area contributed by atoms with E-state index in [-0.39, 0.29) is 55.6 Å². The quantitative estimate of drug-likeness (QED) is 0.427. The van der Waals surface area contributed by atoms with Gasteiger partial charge >= 0.3 is 0 Å². The first-order valence-electron chi connectivity index (χ1n) is 10.2. The molecule has 0 atom stereocenters. The molecule has 0 spiro atoms. The number of rotatable bonds is 9. The summed E-state index contributed by atoms with van der Waals surface area (Å²) in [4.78, 5) is 24.8. The fourth-order valence-corrected chi connectivity index (χ4v) is 4.99. The van der Waals surface area contributed by atoms with Crippen LogP contribution in [0.2, 0.25) is 0 Å². The predicted octanol–water partition coefficient (Wildman–Crippen LogP) is 1.95. The first-order chi connectivity index (χ1) is 15.8. The number of para-hydroxylation sites is 2. The van der Waals surface area contributed by atoms with Gasteiger partial charge in [-0.1, -0.05) is 12.1 Å². The average Bonchev–Trinajstić information content (AvgIpc) is 2.83. The molecule has 0 aliphatic carbocycles. The van der Waals surface area contributed by atoms with Crippen LogP contribution in [0.3, 0.4) is 0 Å². The molecule has 0 saturated carbocycles. The van der Waals surface area contributed by atoms with Crippen LogP contribution < -0.4 is 14.8 Å². The van der Waals surface area contributed by atoms with Crippen molar-refractivity contribution in [1.29, 1.82) is 0 Å². The van der Waals surface area contributed by atoms with Crippen LogP contribution in [-0.2, 0) is 14.8 Å². The van der Waals surface area contributed by atoms with Gasteiger partial charge in [0, 0.05) is 51.3 Å². The van der Waals surface area contributed by atoms with Gasteiger partial charge in [-0.15, -0.1) is 0 Å². The fourth-order valence-electron chi connectivity index (χ4n) is 3.55. The molecular weight excluding hydrogens is 452 g/mol. The summed E-state index contributed by atoms with van der Waals surface area (Å²) in [6.07, 6.45) is 0.133.